The van der Waals surface area contributed by atoms with Crippen LogP contribution in [-0.2, 0) is 0 Å². The molecule has 0 amide bonds. The third-order valence-corrected chi connectivity index (χ3v) is 1.76. The molecule has 0 atom stereocenters. The molecule has 0 fully saturated rings. The van der Waals surface area contributed by atoms with Crippen molar-refractivity contribution in [1.82, 2.24) is 19.9 Å². The molecule has 1 radical (unpaired) electrons. The minimum absolute atomic E-state index is 0.0685. The van der Waals surface area contributed by atoms with Crippen molar-refractivity contribution in [2.45, 2.75) is 0 Å². The first kappa shape index (κ1) is 7.33. The van der Waals surface area contributed by atoms with Gasteiger partial charge in [-0.05, 0) is 0 Å². The quantitative estimate of drug-likeness (QED) is 0.456. The van der Waals surface area contributed by atoms with Crippen molar-refractivity contribution < 1.29 is 0 Å². The van der Waals surface area contributed by atoms with Gasteiger partial charge in [0.1, 0.15) is 0 Å². The maximum atomic E-state index is 11.2. The summed E-state index contributed by atoms with van der Waals surface area (Å²) in [6.07, 6.45) is 0. The fourth-order valence-corrected chi connectivity index (χ4v) is 1.30. The van der Waals surface area contributed by atoms with Gasteiger partial charge in [0.25, 0.3) is 0 Å². The molecule has 0 spiro atoms. The molecule has 0 saturated heterocycles. The van der Waals surface area contributed by atoms with Crippen LogP contribution in [0, 0.1) is 0 Å². The first-order valence-corrected chi connectivity index (χ1v) is 3.95. The number of hydrogen-bond acceptors (Lipinski definition) is 4. The number of nitrogens with one attached hydrogen (secondary N) is 2. The van der Waals surface area contributed by atoms with Crippen LogP contribution in [0.1, 0.15) is 0 Å². The number of hydrogen-bond donors (Lipinski definition) is 3. The third-order valence-electron chi connectivity index (χ3n) is 1.36. The Labute approximate surface area is 74.4 Å². The van der Waals surface area contributed by atoms with E-state index in [9.17, 15) is 4.79 Å². The van der Waals surface area contributed by atoms with E-state index in [0.29, 0.717) is 15.9 Å². The van der Waals surface area contributed by atoms with Crippen LogP contribution in [0.15, 0.2) is 4.79 Å². The van der Waals surface area contributed by atoms with E-state index in [1.54, 1.807) is 0 Å². The molecule has 0 saturated carbocycles. The number of rotatable bonds is 0. The topological polar surface area (TPSA) is 100 Å². The molecule has 2 aromatic heterocycles. The number of aromatic amines is 2. The Bertz CT molecular complexity index is 486. The Morgan fingerprint density at radius 3 is 2.83 bits per heavy atom. The van der Waals surface area contributed by atoms with Crippen LogP contribution >= 0.6 is 0 Å². The number of H-pyrrole nitrogens is 2. The van der Waals surface area contributed by atoms with Crippen molar-refractivity contribution in [3.8, 4) is 0 Å². The van der Waals surface area contributed by atoms with Crippen molar-refractivity contribution in [1.29, 1.82) is 0 Å². The first-order chi connectivity index (χ1) is 5.66. The molecule has 2 aromatic rings. The summed E-state index contributed by atoms with van der Waals surface area (Å²) < 4.78 is 0.522. The number of imidazole rings is 1. The van der Waals surface area contributed by atoms with Crippen LogP contribution in [-0.4, -0.2) is 35.9 Å². The van der Waals surface area contributed by atoms with E-state index in [4.69, 9.17) is 5.73 Å². The van der Waals surface area contributed by atoms with Crippen LogP contribution in [0.25, 0.3) is 11.2 Å². The SMILES string of the molecule is Nc1nc2nc([Se])[nH]c2c(=O)[nH]1. The van der Waals surface area contributed by atoms with Crippen molar-refractivity contribution in [2.24, 2.45) is 0 Å². The average molecular weight is 229 g/mol. The Balaban J connectivity index is 2.98. The molecular weight excluding hydrogens is 225 g/mol. The molecule has 0 aliphatic rings. The van der Waals surface area contributed by atoms with E-state index < -0.39 is 0 Å². The van der Waals surface area contributed by atoms with E-state index >= 15 is 0 Å². The van der Waals surface area contributed by atoms with Gasteiger partial charge in [-0.2, -0.15) is 0 Å². The maximum absolute atomic E-state index is 11.2. The zero-order valence-corrected chi connectivity index (χ0v) is 7.50. The first-order valence-electron chi connectivity index (χ1n) is 3.09. The second kappa shape index (κ2) is 2.33. The van der Waals surface area contributed by atoms with Crippen LogP contribution in [0.4, 0.5) is 5.95 Å². The molecule has 12 heavy (non-hydrogen) atoms. The Morgan fingerprint density at radius 1 is 1.33 bits per heavy atom. The number of aromatic nitrogens is 4. The van der Waals surface area contributed by atoms with E-state index in [2.05, 4.69) is 35.9 Å². The van der Waals surface area contributed by atoms with Crippen LogP contribution < -0.4 is 16.0 Å². The van der Waals surface area contributed by atoms with Gasteiger partial charge in [0.05, 0.1) is 0 Å². The minimum atomic E-state index is -0.313. The summed E-state index contributed by atoms with van der Waals surface area (Å²) >= 11 is 2.64. The average Bonchev–Trinajstić information content (AvgIpc) is 2.29. The van der Waals surface area contributed by atoms with Crippen LogP contribution in [0.5, 0.6) is 0 Å². The zero-order chi connectivity index (χ0) is 8.72. The number of nitrogens with two attached hydrogens (primary N) is 1. The normalized spacial score (nSPS) is 10.7. The summed E-state index contributed by atoms with van der Waals surface area (Å²) in [7, 11) is 0. The Hall–Kier alpha value is -1.33. The number of nitrogen functional groups attached to an aromatic ring is 1. The van der Waals surface area contributed by atoms with Crippen molar-refractivity contribution in [3.05, 3.63) is 10.4 Å². The van der Waals surface area contributed by atoms with Gasteiger partial charge in [-0.3, -0.25) is 0 Å². The van der Waals surface area contributed by atoms with Gasteiger partial charge in [0.2, 0.25) is 0 Å². The van der Waals surface area contributed by atoms with Crippen molar-refractivity contribution >= 4 is 37.8 Å². The van der Waals surface area contributed by atoms with Crippen LogP contribution in [0.3, 0.4) is 0 Å². The fourth-order valence-electron chi connectivity index (χ4n) is 0.903. The van der Waals surface area contributed by atoms with E-state index in [-0.39, 0.29) is 11.5 Å². The van der Waals surface area contributed by atoms with Gasteiger partial charge in [-0.15, -0.1) is 0 Å². The third kappa shape index (κ3) is 0.992. The van der Waals surface area contributed by atoms with Gasteiger partial charge in [-0.1, -0.05) is 0 Å². The molecule has 7 heteroatoms. The molecule has 4 N–H and O–H groups in total. The summed E-state index contributed by atoms with van der Waals surface area (Å²) in [5.41, 5.74) is 5.65. The van der Waals surface area contributed by atoms with Gasteiger partial charge in [-0.25, -0.2) is 0 Å². The molecular formula is C5H4N5OSe. The van der Waals surface area contributed by atoms with Crippen molar-refractivity contribution in [2.75, 3.05) is 5.73 Å². The molecule has 0 aliphatic carbocycles. The van der Waals surface area contributed by atoms with Gasteiger partial charge < -0.3 is 0 Å². The summed E-state index contributed by atoms with van der Waals surface area (Å²) in [4.78, 5) is 24.0. The van der Waals surface area contributed by atoms with Gasteiger partial charge in [0, 0.05) is 0 Å². The standard InChI is InChI=1S/C5H4N5OSe/c6-4-8-2-1(3(11)10-4)7-5(12)9-2/h(H4,6,7,8,9,10,11). The van der Waals surface area contributed by atoms with Gasteiger partial charge in [0.15, 0.2) is 0 Å². The number of nitrogens with zero attached hydrogens (tertiary/aromatic N) is 2. The Morgan fingerprint density at radius 2 is 2.08 bits per heavy atom. The summed E-state index contributed by atoms with van der Waals surface area (Å²) in [6, 6.07) is 0. The number of fused-ring (bicyclic) bond motifs is 1. The van der Waals surface area contributed by atoms with Crippen LogP contribution in [0.2, 0.25) is 0 Å². The number of anilines is 1. The molecule has 0 aromatic carbocycles. The Kier molecular flexibility index (Phi) is 1.42. The molecule has 6 nitrogen and oxygen atoms in total. The molecule has 2 heterocycles. The molecule has 61 valence electrons. The van der Waals surface area contributed by atoms with Crippen molar-refractivity contribution in [3.63, 3.8) is 0 Å². The fraction of sp³-hybridized carbons (Fsp3) is 0. The van der Waals surface area contributed by atoms with Gasteiger partial charge >= 0.3 is 73.9 Å². The second-order valence-electron chi connectivity index (χ2n) is 2.19. The summed E-state index contributed by atoms with van der Waals surface area (Å²) in [5.74, 6) is 0.0685. The summed E-state index contributed by atoms with van der Waals surface area (Å²) in [5, 5.41) is 0. The molecule has 0 aliphatic heterocycles. The predicted molar refractivity (Wildman–Crippen MR) is 44.3 cm³/mol. The monoisotopic (exact) mass is 230 g/mol. The molecule has 0 unspecified atom stereocenters. The predicted octanol–water partition coefficient (Wildman–Crippen LogP) is -1.98. The van der Waals surface area contributed by atoms with E-state index in [0.717, 1.165) is 0 Å². The summed E-state index contributed by atoms with van der Waals surface area (Å²) in [6.45, 7) is 0. The van der Waals surface area contributed by atoms with E-state index in [1.165, 1.54) is 0 Å². The zero-order valence-electron chi connectivity index (χ0n) is 5.79. The molecule has 0 bridgehead atoms. The second-order valence-corrected chi connectivity index (χ2v) is 3.00. The molecule has 2 rings (SSSR count). The van der Waals surface area contributed by atoms with E-state index in [1.807, 2.05) is 0 Å².